The van der Waals surface area contributed by atoms with Crippen LogP contribution in [0.1, 0.15) is 5.56 Å². The second kappa shape index (κ2) is 7.94. The highest BCUT2D eigenvalue weighted by molar-refractivity contribution is 8.13. The second-order valence-corrected chi connectivity index (χ2v) is 3.73. The van der Waals surface area contributed by atoms with Gasteiger partial charge in [0.15, 0.2) is 5.17 Å². The van der Waals surface area contributed by atoms with E-state index in [9.17, 15) is 0 Å². The zero-order chi connectivity index (χ0) is 8.97. The van der Waals surface area contributed by atoms with Crippen molar-refractivity contribution in [2.75, 3.05) is 0 Å². The summed E-state index contributed by atoms with van der Waals surface area (Å²) in [4.78, 5) is 0. The number of halogens is 2. The van der Waals surface area contributed by atoms with Crippen molar-refractivity contribution in [1.29, 1.82) is 5.41 Å². The van der Waals surface area contributed by atoms with E-state index in [1.54, 1.807) is 0 Å². The SMILES string of the molecule is Cl.N.N=C(N)SCc1ccc(Cl)cc1. The van der Waals surface area contributed by atoms with Crippen LogP contribution in [0.25, 0.3) is 0 Å². The van der Waals surface area contributed by atoms with Crippen LogP contribution < -0.4 is 11.9 Å². The minimum atomic E-state index is 0. The van der Waals surface area contributed by atoms with Crippen molar-refractivity contribution in [3.05, 3.63) is 34.9 Å². The first-order valence-corrected chi connectivity index (χ1v) is 4.76. The van der Waals surface area contributed by atoms with Gasteiger partial charge in [0.25, 0.3) is 0 Å². The lowest BCUT2D eigenvalue weighted by molar-refractivity contribution is 1.42. The maximum absolute atomic E-state index is 7.00. The standard InChI is InChI=1S/C8H9ClN2S.ClH.H3N/c9-7-3-1-6(2-4-7)5-12-8(10)11;;/h1-4H,5H2,(H3,10,11);1H;1H3. The molecule has 0 radical (unpaired) electrons. The molecule has 0 aliphatic rings. The molecule has 0 spiro atoms. The predicted octanol–water partition coefficient (Wildman–Crippen LogP) is 3.05. The lowest BCUT2D eigenvalue weighted by atomic mass is 10.2. The Morgan fingerprint density at radius 2 is 1.86 bits per heavy atom. The van der Waals surface area contributed by atoms with Crippen LogP contribution in [0.4, 0.5) is 0 Å². The molecule has 14 heavy (non-hydrogen) atoms. The van der Waals surface area contributed by atoms with Gasteiger partial charge in [-0.15, -0.1) is 12.4 Å². The molecule has 0 saturated heterocycles. The Morgan fingerprint density at radius 3 is 2.29 bits per heavy atom. The van der Waals surface area contributed by atoms with Gasteiger partial charge >= 0.3 is 0 Å². The number of nitrogens with one attached hydrogen (secondary N) is 1. The summed E-state index contributed by atoms with van der Waals surface area (Å²) in [5, 5.41) is 7.87. The molecule has 6 N–H and O–H groups in total. The summed E-state index contributed by atoms with van der Waals surface area (Å²) in [5.74, 6) is 0.729. The number of hydrogen-bond donors (Lipinski definition) is 3. The Hall–Kier alpha value is -0.420. The Bertz CT molecular complexity index is 276. The van der Waals surface area contributed by atoms with Gasteiger partial charge in [0.05, 0.1) is 0 Å². The zero-order valence-electron chi connectivity index (χ0n) is 7.50. The number of hydrogen-bond acceptors (Lipinski definition) is 3. The predicted molar refractivity (Wildman–Crippen MR) is 66.9 cm³/mol. The zero-order valence-corrected chi connectivity index (χ0v) is 9.88. The van der Waals surface area contributed by atoms with Crippen molar-refractivity contribution in [3.63, 3.8) is 0 Å². The van der Waals surface area contributed by atoms with E-state index in [1.807, 2.05) is 24.3 Å². The molecule has 0 aromatic heterocycles. The number of amidine groups is 1. The maximum atomic E-state index is 7.00. The first kappa shape index (κ1) is 16.0. The topological polar surface area (TPSA) is 84.9 Å². The van der Waals surface area contributed by atoms with Crippen LogP contribution in [-0.2, 0) is 5.75 Å². The molecular formula is C8H13Cl2N3S. The highest BCUT2D eigenvalue weighted by atomic mass is 35.5. The molecule has 0 unspecified atom stereocenters. The molecule has 0 heterocycles. The summed E-state index contributed by atoms with van der Waals surface area (Å²) in [6.45, 7) is 0. The summed E-state index contributed by atoms with van der Waals surface area (Å²) in [6.07, 6.45) is 0. The van der Waals surface area contributed by atoms with Crippen molar-refractivity contribution in [2.45, 2.75) is 5.75 Å². The van der Waals surface area contributed by atoms with Crippen LogP contribution in [0, 0.1) is 5.41 Å². The molecule has 1 aromatic rings. The number of benzene rings is 1. The van der Waals surface area contributed by atoms with Crippen LogP contribution in [0.15, 0.2) is 24.3 Å². The van der Waals surface area contributed by atoms with Crippen LogP contribution >= 0.6 is 35.8 Å². The Kier molecular flexibility index (Phi) is 9.08. The van der Waals surface area contributed by atoms with E-state index in [2.05, 4.69) is 0 Å². The molecule has 0 amide bonds. The van der Waals surface area contributed by atoms with Crippen LogP contribution in [0.5, 0.6) is 0 Å². The normalized spacial score (nSPS) is 8.36. The van der Waals surface area contributed by atoms with Gasteiger partial charge in [-0.2, -0.15) is 0 Å². The van der Waals surface area contributed by atoms with Gasteiger partial charge < -0.3 is 11.9 Å². The Labute approximate surface area is 98.9 Å². The monoisotopic (exact) mass is 253 g/mol. The van der Waals surface area contributed by atoms with Gasteiger partial charge in [0.1, 0.15) is 0 Å². The molecule has 1 rings (SSSR count). The fourth-order valence-electron chi connectivity index (χ4n) is 0.742. The minimum absolute atomic E-state index is 0. The van der Waals surface area contributed by atoms with Gasteiger partial charge in [0.2, 0.25) is 0 Å². The van der Waals surface area contributed by atoms with E-state index in [1.165, 1.54) is 11.8 Å². The second-order valence-electron chi connectivity index (χ2n) is 2.28. The summed E-state index contributed by atoms with van der Waals surface area (Å²) in [5.41, 5.74) is 6.32. The number of nitrogens with two attached hydrogens (primary N) is 1. The van der Waals surface area contributed by atoms with Crippen molar-refractivity contribution in [2.24, 2.45) is 5.73 Å². The molecule has 0 bridgehead atoms. The average Bonchev–Trinajstić information content (AvgIpc) is 2.03. The van der Waals surface area contributed by atoms with E-state index in [4.69, 9.17) is 22.7 Å². The van der Waals surface area contributed by atoms with Gasteiger partial charge in [-0.1, -0.05) is 35.5 Å². The van der Waals surface area contributed by atoms with E-state index in [-0.39, 0.29) is 23.7 Å². The third kappa shape index (κ3) is 6.10. The molecule has 0 aliphatic carbocycles. The van der Waals surface area contributed by atoms with Crippen LogP contribution in [-0.4, -0.2) is 5.17 Å². The molecular weight excluding hydrogens is 241 g/mol. The highest BCUT2D eigenvalue weighted by Crippen LogP contribution is 2.14. The van der Waals surface area contributed by atoms with Crippen molar-refractivity contribution in [3.8, 4) is 0 Å². The quantitative estimate of drug-likeness (QED) is 0.560. The van der Waals surface area contributed by atoms with Gasteiger partial charge in [-0.05, 0) is 17.7 Å². The van der Waals surface area contributed by atoms with Crippen molar-refractivity contribution in [1.82, 2.24) is 6.15 Å². The highest BCUT2D eigenvalue weighted by Gasteiger charge is 1.94. The molecule has 0 aliphatic heterocycles. The Balaban J connectivity index is 0. The average molecular weight is 254 g/mol. The van der Waals surface area contributed by atoms with Crippen molar-refractivity contribution >= 4 is 40.9 Å². The third-order valence-electron chi connectivity index (χ3n) is 1.31. The van der Waals surface area contributed by atoms with E-state index in [0.717, 1.165) is 16.3 Å². The van der Waals surface area contributed by atoms with E-state index < -0.39 is 0 Å². The lowest BCUT2D eigenvalue weighted by Crippen LogP contribution is -2.03. The largest absolute Gasteiger partial charge is 0.379 e. The fourth-order valence-corrected chi connectivity index (χ4v) is 1.38. The van der Waals surface area contributed by atoms with Crippen molar-refractivity contribution < 1.29 is 0 Å². The minimum Gasteiger partial charge on any atom is -0.379 e. The van der Waals surface area contributed by atoms with Gasteiger partial charge in [-0.25, -0.2) is 0 Å². The van der Waals surface area contributed by atoms with Gasteiger partial charge in [-0.3, -0.25) is 5.41 Å². The number of thioether (sulfide) groups is 1. The maximum Gasteiger partial charge on any atom is 0.151 e. The molecule has 0 fully saturated rings. The van der Waals surface area contributed by atoms with Gasteiger partial charge in [0, 0.05) is 10.8 Å². The molecule has 1 aromatic carbocycles. The third-order valence-corrected chi connectivity index (χ3v) is 2.35. The first-order valence-electron chi connectivity index (χ1n) is 3.40. The number of rotatable bonds is 2. The van der Waals surface area contributed by atoms with E-state index >= 15 is 0 Å². The molecule has 0 saturated carbocycles. The smallest absolute Gasteiger partial charge is 0.151 e. The Morgan fingerprint density at radius 1 is 1.36 bits per heavy atom. The summed E-state index contributed by atoms with van der Waals surface area (Å²) < 4.78 is 0. The van der Waals surface area contributed by atoms with Crippen LogP contribution in [0.2, 0.25) is 5.02 Å². The van der Waals surface area contributed by atoms with Crippen LogP contribution in [0.3, 0.4) is 0 Å². The molecule has 3 nitrogen and oxygen atoms in total. The first-order chi connectivity index (χ1) is 5.68. The molecule has 80 valence electrons. The lowest BCUT2D eigenvalue weighted by Gasteiger charge is -1.98. The molecule has 0 atom stereocenters. The fraction of sp³-hybridized carbons (Fsp3) is 0.125. The molecule has 6 heteroatoms. The van der Waals surface area contributed by atoms with E-state index in [0.29, 0.717) is 0 Å². The summed E-state index contributed by atoms with van der Waals surface area (Å²) in [6, 6.07) is 7.52. The summed E-state index contributed by atoms with van der Waals surface area (Å²) in [7, 11) is 0. The summed E-state index contributed by atoms with van der Waals surface area (Å²) >= 11 is 7.01.